The lowest BCUT2D eigenvalue weighted by atomic mass is 9.84. The summed E-state index contributed by atoms with van der Waals surface area (Å²) in [7, 11) is 0. The van der Waals surface area contributed by atoms with Gasteiger partial charge in [-0.2, -0.15) is 0 Å². The minimum absolute atomic E-state index is 0.0211. The molecule has 0 fully saturated rings. The van der Waals surface area contributed by atoms with Crippen LogP contribution in [0.25, 0.3) is 0 Å². The number of rotatable bonds is 11. The smallest absolute Gasteiger partial charge is 0.312 e. The van der Waals surface area contributed by atoms with Gasteiger partial charge in [0.05, 0.1) is 12.1 Å². The van der Waals surface area contributed by atoms with Gasteiger partial charge in [-0.25, -0.2) is 4.79 Å². The second-order valence-corrected chi connectivity index (χ2v) is 9.21. The molecule has 0 bridgehead atoms. The Balaban J connectivity index is 5.21. The number of hydrogen-bond donors (Lipinski definition) is 4. The van der Waals surface area contributed by atoms with Crippen molar-refractivity contribution in [3.05, 3.63) is 0 Å². The average molecular weight is 385 g/mol. The Hall–Kier alpha value is -1.63. The van der Waals surface area contributed by atoms with Gasteiger partial charge in [-0.05, 0) is 39.0 Å². The van der Waals surface area contributed by atoms with E-state index in [1.807, 2.05) is 34.6 Å². The van der Waals surface area contributed by atoms with Gasteiger partial charge in [0.2, 0.25) is 5.91 Å². The van der Waals surface area contributed by atoms with Crippen LogP contribution in [0.2, 0.25) is 0 Å². The van der Waals surface area contributed by atoms with Crippen molar-refractivity contribution in [2.24, 2.45) is 17.1 Å². The molecule has 1 unspecified atom stereocenters. The van der Waals surface area contributed by atoms with Crippen LogP contribution in [0.5, 0.6) is 0 Å². The standard InChI is InChI=1S/C20H40N4O3/c1-9-20(7,8)24-15(13(2)3)17(26)23-14(16(25)19(4,5)6)11-10-12-22-18(21)27/h13-15,24H,9-12H2,1-8H3,(H,23,26)(H3,21,22,27)/t14-,15?/m0/s1. The Bertz CT molecular complexity index is 510. The number of carbonyl (C=O) groups is 3. The van der Waals surface area contributed by atoms with Crippen molar-refractivity contribution < 1.29 is 14.4 Å². The third kappa shape index (κ3) is 9.75. The first-order chi connectivity index (χ1) is 12.2. The SMILES string of the molecule is CCC(C)(C)NC(C(=O)N[C@@H](CCCNC(N)=O)C(=O)C(C)(C)C)C(C)C. The second kappa shape index (κ2) is 10.6. The highest BCUT2D eigenvalue weighted by atomic mass is 16.2. The molecule has 0 saturated carbocycles. The molecular weight excluding hydrogens is 344 g/mol. The van der Waals surface area contributed by atoms with Gasteiger partial charge in [0.25, 0.3) is 0 Å². The van der Waals surface area contributed by atoms with Crippen LogP contribution in [0.15, 0.2) is 0 Å². The first kappa shape index (κ1) is 25.4. The van der Waals surface area contributed by atoms with E-state index in [1.54, 1.807) is 0 Å². The van der Waals surface area contributed by atoms with Crippen molar-refractivity contribution in [3.63, 3.8) is 0 Å². The van der Waals surface area contributed by atoms with Crippen LogP contribution < -0.4 is 21.7 Å². The molecule has 0 aliphatic carbocycles. The first-order valence-electron chi connectivity index (χ1n) is 9.87. The molecule has 0 heterocycles. The highest BCUT2D eigenvalue weighted by Gasteiger charge is 2.34. The van der Waals surface area contributed by atoms with Gasteiger partial charge >= 0.3 is 6.03 Å². The van der Waals surface area contributed by atoms with Crippen LogP contribution in [-0.4, -0.2) is 41.9 Å². The Morgan fingerprint density at radius 1 is 1.04 bits per heavy atom. The van der Waals surface area contributed by atoms with Crippen LogP contribution in [0, 0.1) is 11.3 Å². The number of ketones is 1. The Kier molecular flexibility index (Phi) is 10.00. The van der Waals surface area contributed by atoms with E-state index in [4.69, 9.17) is 5.73 Å². The van der Waals surface area contributed by atoms with E-state index in [9.17, 15) is 14.4 Å². The Morgan fingerprint density at radius 2 is 1.59 bits per heavy atom. The van der Waals surface area contributed by atoms with Gasteiger partial charge in [0, 0.05) is 17.5 Å². The van der Waals surface area contributed by atoms with Crippen molar-refractivity contribution in [2.45, 2.75) is 92.3 Å². The van der Waals surface area contributed by atoms with Gasteiger partial charge in [0.1, 0.15) is 0 Å². The van der Waals surface area contributed by atoms with E-state index in [2.05, 4.69) is 36.7 Å². The van der Waals surface area contributed by atoms with E-state index in [-0.39, 0.29) is 29.2 Å². The summed E-state index contributed by atoms with van der Waals surface area (Å²) >= 11 is 0. The fraction of sp³-hybridized carbons (Fsp3) is 0.850. The second-order valence-electron chi connectivity index (χ2n) is 9.21. The normalized spacial score (nSPS) is 14.6. The fourth-order valence-corrected chi connectivity index (χ4v) is 2.63. The number of nitrogens with one attached hydrogen (secondary N) is 3. The zero-order valence-electron chi connectivity index (χ0n) is 18.4. The van der Waals surface area contributed by atoms with Crippen LogP contribution in [0.3, 0.4) is 0 Å². The third-order valence-electron chi connectivity index (χ3n) is 4.72. The molecule has 0 aliphatic heterocycles. The van der Waals surface area contributed by atoms with Crippen LogP contribution >= 0.6 is 0 Å². The minimum atomic E-state index is -0.597. The maximum atomic E-state index is 12.9. The quantitative estimate of drug-likeness (QED) is 0.409. The zero-order chi connectivity index (χ0) is 21.4. The number of hydrogen-bond acceptors (Lipinski definition) is 4. The molecule has 0 spiro atoms. The molecule has 0 aromatic carbocycles. The van der Waals surface area contributed by atoms with E-state index in [1.165, 1.54) is 0 Å². The molecule has 0 aromatic rings. The first-order valence-corrected chi connectivity index (χ1v) is 9.87. The molecule has 2 atom stereocenters. The lowest BCUT2D eigenvalue weighted by Gasteiger charge is -2.34. The van der Waals surface area contributed by atoms with Gasteiger partial charge in [0.15, 0.2) is 5.78 Å². The highest BCUT2D eigenvalue weighted by molar-refractivity contribution is 5.93. The molecule has 0 saturated heterocycles. The lowest BCUT2D eigenvalue weighted by Crippen LogP contribution is -2.58. The number of amides is 3. The summed E-state index contributed by atoms with van der Waals surface area (Å²) < 4.78 is 0. The summed E-state index contributed by atoms with van der Waals surface area (Å²) in [6, 6.07) is -1.58. The molecule has 7 nitrogen and oxygen atoms in total. The van der Waals surface area contributed by atoms with Crippen LogP contribution in [0.4, 0.5) is 4.79 Å². The van der Waals surface area contributed by atoms with Crippen LogP contribution in [0.1, 0.15) is 74.7 Å². The van der Waals surface area contributed by atoms with Gasteiger partial charge in [-0.1, -0.05) is 41.5 Å². The third-order valence-corrected chi connectivity index (χ3v) is 4.72. The van der Waals surface area contributed by atoms with Gasteiger partial charge in [-0.3, -0.25) is 9.59 Å². The molecule has 0 rings (SSSR count). The largest absolute Gasteiger partial charge is 0.352 e. The molecule has 3 amide bonds. The number of urea groups is 1. The topological polar surface area (TPSA) is 113 Å². The van der Waals surface area contributed by atoms with Crippen molar-refractivity contribution in [1.29, 1.82) is 0 Å². The molecule has 27 heavy (non-hydrogen) atoms. The molecular formula is C20H40N4O3. The molecule has 5 N–H and O–H groups in total. The van der Waals surface area contributed by atoms with Crippen molar-refractivity contribution >= 4 is 17.7 Å². The highest BCUT2D eigenvalue weighted by Crippen LogP contribution is 2.20. The summed E-state index contributed by atoms with van der Waals surface area (Å²) in [4.78, 5) is 36.6. The van der Waals surface area contributed by atoms with E-state index < -0.39 is 17.5 Å². The van der Waals surface area contributed by atoms with Gasteiger partial charge in [-0.15, -0.1) is 0 Å². The average Bonchev–Trinajstić information content (AvgIpc) is 2.53. The summed E-state index contributed by atoms with van der Waals surface area (Å²) in [5, 5.41) is 8.87. The monoisotopic (exact) mass is 384 g/mol. The van der Waals surface area contributed by atoms with E-state index in [0.29, 0.717) is 19.4 Å². The number of nitrogens with two attached hydrogens (primary N) is 1. The summed E-state index contributed by atoms with van der Waals surface area (Å²) in [5.41, 5.74) is 4.32. The fourth-order valence-electron chi connectivity index (χ4n) is 2.63. The molecule has 7 heteroatoms. The molecule has 0 radical (unpaired) electrons. The summed E-state index contributed by atoms with van der Waals surface area (Å²) in [6.45, 7) is 16.1. The molecule has 158 valence electrons. The zero-order valence-corrected chi connectivity index (χ0v) is 18.4. The minimum Gasteiger partial charge on any atom is -0.352 e. The maximum absolute atomic E-state index is 12.9. The van der Waals surface area contributed by atoms with Crippen LogP contribution in [-0.2, 0) is 9.59 Å². The van der Waals surface area contributed by atoms with Gasteiger partial charge < -0.3 is 21.7 Å². The Labute approximate surface area is 164 Å². The van der Waals surface area contributed by atoms with Crippen molar-refractivity contribution in [2.75, 3.05) is 6.54 Å². The van der Waals surface area contributed by atoms with E-state index in [0.717, 1.165) is 6.42 Å². The number of primary amides is 1. The number of carbonyl (C=O) groups excluding carboxylic acids is 3. The van der Waals surface area contributed by atoms with Crippen molar-refractivity contribution in [3.8, 4) is 0 Å². The predicted molar refractivity (Wildman–Crippen MR) is 109 cm³/mol. The summed E-state index contributed by atoms with van der Waals surface area (Å²) in [6.07, 6.45) is 1.88. The van der Waals surface area contributed by atoms with E-state index >= 15 is 0 Å². The summed E-state index contributed by atoms with van der Waals surface area (Å²) in [5.74, 6) is -0.109. The molecule has 0 aliphatic rings. The lowest BCUT2D eigenvalue weighted by molar-refractivity contribution is -0.134. The molecule has 0 aromatic heterocycles. The number of Topliss-reactive ketones (excluding diaryl/α,β-unsaturated/α-hetero) is 1. The van der Waals surface area contributed by atoms with Crippen molar-refractivity contribution in [1.82, 2.24) is 16.0 Å². The maximum Gasteiger partial charge on any atom is 0.312 e. The predicted octanol–water partition coefficient (Wildman–Crippen LogP) is 2.34. The Morgan fingerprint density at radius 3 is 2.00 bits per heavy atom.